The molecule has 5 rings (SSSR count). The maximum atomic E-state index is 12.9. The van der Waals surface area contributed by atoms with E-state index in [1.165, 1.54) is 7.11 Å². The molecule has 0 saturated heterocycles. The van der Waals surface area contributed by atoms with E-state index in [9.17, 15) is 29.7 Å². The molecule has 0 spiro atoms. The molecule has 1 aromatic rings. The number of fused-ring (bicyclic) bond motifs is 5. The van der Waals surface area contributed by atoms with Gasteiger partial charge in [0.25, 0.3) is 0 Å². The lowest BCUT2D eigenvalue weighted by molar-refractivity contribution is -0.129. The molecule has 0 bridgehead atoms. The van der Waals surface area contributed by atoms with Crippen LogP contribution in [-0.4, -0.2) is 40.0 Å². The molecule has 0 amide bonds. The highest BCUT2D eigenvalue weighted by atomic mass is 16.5. The number of methoxy groups -OCH3 is 1. The highest BCUT2D eigenvalue weighted by Gasteiger charge is 2.62. The molecule has 1 aromatic carbocycles. The molecule has 36 heavy (non-hydrogen) atoms. The maximum absolute atomic E-state index is 12.9. The number of benzene rings is 1. The zero-order chi connectivity index (χ0) is 26.2. The molecule has 3 N–H and O–H groups in total. The van der Waals surface area contributed by atoms with E-state index < -0.39 is 34.6 Å². The summed E-state index contributed by atoms with van der Waals surface area (Å²) in [5.74, 6) is -1.95. The Morgan fingerprint density at radius 1 is 1.03 bits per heavy atom. The van der Waals surface area contributed by atoms with Crippen LogP contribution >= 0.6 is 0 Å². The molecule has 7 atom stereocenters. The van der Waals surface area contributed by atoms with Crippen LogP contribution in [0.25, 0.3) is 0 Å². The Kier molecular flexibility index (Phi) is 5.77. The van der Waals surface area contributed by atoms with Crippen molar-refractivity contribution in [2.75, 3.05) is 7.11 Å². The highest BCUT2D eigenvalue weighted by molar-refractivity contribution is 5.96. The third-order valence-electron chi connectivity index (χ3n) is 10.6. The lowest BCUT2D eigenvalue weighted by Crippen LogP contribution is -2.53. The summed E-state index contributed by atoms with van der Waals surface area (Å²) in [7, 11) is 1.22. The smallest absolute Gasteiger partial charge is 0.338 e. The molecular weight excluding hydrogens is 460 g/mol. The van der Waals surface area contributed by atoms with Crippen LogP contribution in [0.4, 0.5) is 0 Å². The number of carbonyl (C=O) groups excluding carboxylic acids is 3. The van der Waals surface area contributed by atoms with Gasteiger partial charge in [0.2, 0.25) is 5.75 Å². The van der Waals surface area contributed by atoms with E-state index in [1.807, 2.05) is 0 Å². The van der Waals surface area contributed by atoms with Crippen LogP contribution in [0.15, 0.2) is 17.7 Å². The molecule has 4 aliphatic rings. The van der Waals surface area contributed by atoms with E-state index in [1.54, 1.807) is 13.0 Å². The number of phenols is 3. The molecule has 3 fully saturated rings. The van der Waals surface area contributed by atoms with E-state index >= 15 is 0 Å². The van der Waals surface area contributed by atoms with Gasteiger partial charge in [-0.25, -0.2) is 4.79 Å². The van der Waals surface area contributed by atoms with Gasteiger partial charge in [0.15, 0.2) is 17.3 Å². The van der Waals surface area contributed by atoms with Gasteiger partial charge in [-0.2, -0.15) is 0 Å². The van der Waals surface area contributed by atoms with Gasteiger partial charge in [-0.3, -0.25) is 9.59 Å². The fourth-order valence-corrected chi connectivity index (χ4v) is 9.00. The van der Waals surface area contributed by atoms with Crippen LogP contribution in [0, 0.1) is 34.5 Å². The fourth-order valence-electron chi connectivity index (χ4n) is 9.00. The number of ketones is 2. The molecule has 4 aliphatic carbocycles. The van der Waals surface area contributed by atoms with Crippen LogP contribution < -0.4 is 0 Å². The van der Waals surface area contributed by atoms with Crippen molar-refractivity contribution in [2.24, 2.45) is 34.5 Å². The van der Waals surface area contributed by atoms with Gasteiger partial charge >= 0.3 is 5.97 Å². The zero-order valence-electron chi connectivity index (χ0n) is 21.5. The number of allylic oxidation sites excluding steroid dienone is 1. The Labute approximate surface area is 211 Å². The van der Waals surface area contributed by atoms with Crippen molar-refractivity contribution in [2.45, 2.75) is 71.6 Å². The van der Waals surface area contributed by atoms with Crippen LogP contribution in [-0.2, 0) is 14.3 Å². The second kappa shape index (κ2) is 8.35. The van der Waals surface area contributed by atoms with Crippen molar-refractivity contribution >= 4 is 17.5 Å². The predicted octanol–water partition coefficient (Wildman–Crippen LogP) is 5.02. The van der Waals surface area contributed by atoms with Crippen LogP contribution in [0.2, 0.25) is 0 Å². The Morgan fingerprint density at radius 2 is 1.75 bits per heavy atom. The summed E-state index contributed by atoms with van der Waals surface area (Å²) in [5, 5.41) is 31.6. The summed E-state index contributed by atoms with van der Waals surface area (Å²) in [6.07, 6.45) is 7.27. The average Bonchev–Trinajstić information content (AvgIpc) is 3.19. The molecule has 0 radical (unpaired) electrons. The SMILES string of the molecule is COC(=O)c1cc(O)c(O)c(O)c1C1CC(=O)C=C2CC[C@H]3[C@@H]4CC[C@H](C(C)=O)[C@@]4(C)CC[C@@H]3[C@]21C. The minimum absolute atomic E-state index is 0.0271. The van der Waals surface area contributed by atoms with E-state index in [2.05, 4.69) is 13.8 Å². The molecular formula is C29H36O7. The zero-order valence-corrected chi connectivity index (χ0v) is 21.5. The Bertz CT molecular complexity index is 1180. The summed E-state index contributed by atoms with van der Waals surface area (Å²) in [6.45, 7) is 6.13. The lowest BCUT2D eigenvalue weighted by atomic mass is 9.44. The van der Waals surface area contributed by atoms with Crippen LogP contribution in [0.5, 0.6) is 17.2 Å². The number of hydrogen-bond donors (Lipinski definition) is 3. The first kappa shape index (κ1) is 24.8. The predicted molar refractivity (Wildman–Crippen MR) is 132 cm³/mol. The molecule has 3 saturated carbocycles. The molecule has 7 nitrogen and oxygen atoms in total. The van der Waals surface area contributed by atoms with Crippen molar-refractivity contribution in [3.05, 3.63) is 28.8 Å². The van der Waals surface area contributed by atoms with Gasteiger partial charge in [0, 0.05) is 23.8 Å². The van der Waals surface area contributed by atoms with Crippen LogP contribution in [0.3, 0.4) is 0 Å². The van der Waals surface area contributed by atoms with E-state index in [0.717, 1.165) is 50.2 Å². The van der Waals surface area contributed by atoms with Gasteiger partial charge in [0.1, 0.15) is 5.78 Å². The standard InChI is InChI=1S/C29H36O7/c1-14(30)19-7-8-20-17-6-5-15-11-16(31)12-22(29(15,3)21(17)9-10-28(19,20)2)24-18(27(35)36-4)13-23(32)25(33)26(24)34/h11,13,17,19-22,32-34H,5-10,12H2,1-4H3/t17-,19+,20-,21-,22?,28+,29-/m0/s1. The van der Waals surface area contributed by atoms with Gasteiger partial charge < -0.3 is 20.1 Å². The molecule has 0 heterocycles. The monoisotopic (exact) mass is 496 g/mol. The van der Waals surface area contributed by atoms with Crippen molar-refractivity contribution in [3.63, 3.8) is 0 Å². The first-order valence-electron chi connectivity index (χ1n) is 13.1. The number of rotatable bonds is 3. The summed E-state index contributed by atoms with van der Waals surface area (Å²) >= 11 is 0. The number of carbonyl (C=O) groups is 3. The van der Waals surface area contributed by atoms with Crippen molar-refractivity contribution < 1.29 is 34.4 Å². The number of phenolic OH excluding ortho intramolecular Hbond substituents is 3. The second-order valence-corrected chi connectivity index (χ2v) is 11.9. The third-order valence-corrected chi connectivity index (χ3v) is 10.6. The molecule has 0 aliphatic heterocycles. The van der Waals surface area contributed by atoms with Gasteiger partial charge in [0.05, 0.1) is 12.7 Å². The van der Waals surface area contributed by atoms with Gasteiger partial charge in [-0.1, -0.05) is 19.4 Å². The van der Waals surface area contributed by atoms with E-state index in [4.69, 9.17) is 4.74 Å². The van der Waals surface area contributed by atoms with Crippen LogP contribution in [0.1, 0.15) is 87.6 Å². The Morgan fingerprint density at radius 3 is 2.42 bits per heavy atom. The lowest BCUT2D eigenvalue weighted by Gasteiger charge is -2.60. The normalized spacial score (nSPS) is 37.4. The van der Waals surface area contributed by atoms with E-state index in [0.29, 0.717) is 11.8 Å². The number of ether oxygens (including phenoxy) is 1. The third kappa shape index (κ3) is 3.27. The topological polar surface area (TPSA) is 121 Å². The number of aromatic hydroxyl groups is 3. The first-order valence-corrected chi connectivity index (χ1v) is 13.1. The van der Waals surface area contributed by atoms with Crippen molar-refractivity contribution in [3.8, 4) is 17.2 Å². The highest BCUT2D eigenvalue weighted by Crippen LogP contribution is 2.69. The quantitative estimate of drug-likeness (QED) is 0.397. The Hall–Kier alpha value is -2.83. The largest absolute Gasteiger partial charge is 0.504 e. The number of esters is 1. The molecule has 1 unspecified atom stereocenters. The fraction of sp³-hybridized carbons (Fsp3) is 0.621. The average molecular weight is 497 g/mol. The number of hydrogen-bond acceptors (Lipinski definition) is 7. The van der Waals surface area contributed by atoms with Crippen molar-refractivity contribution in [1.29, 1.82) is 0 Å². The Balaban J connectivity index is 1.65. The first-order chi connectivity index (χ1) is 16.9. The second-order valence-electron chi connectivity index (χ2n) is 11.9. The van der Waals surface area contributed by atoms with E-state index in [-0.39, 0.29) is 46.4 Å². The molecule has 7 heteroatoms. The minimum atomic E-state index is -0.744. The maximum Gasteiger partial charge on any atom is 0.338 e. The summed E-state index contributed by atoms with van der Waals surface area (Å²) in [4.78, 5) is 38.2. The van der Waals surface area contributed by atoms with Gasteiger partial charge in [-0.15, -0.1) is 0 Å². The van der Waals surface area contributed by atoms with Gasteiger partial charge in [-0.05, 0) is 86.2 Å². The summed E-state index contributed by atoms with van der Waals surface area (Å²) < 4.78 is 4.95. The summed E-state index contributed by atoms with van der Waals surface area (Å²) in [6, 6.07) is 1.12. The molecule has 194 valence electrons. The number of Topliss-reactive ketones (excluding diaryl/α,β-unsaturated/α-hetero) is 1. The molecule has 0 aromatic heterocycles. The minimum Gasteiger partial charge on any atom is -0.504 e. The summed E-state index contributed by atoms with van der Waals surface area (Å²) in [5.41, 5.74) is 0.598. The van der Waals surface area contributed by atoms with Crippen molar-refractivity contribution in [1.82, 2.24) is 0 Å².